The molecule has 3 N–H and O–H groups in total. The molecule has 154 valence electrons. The van der Waals surface area contributed by atoms with Crippen LogP contribution in [0, 0.1) is 0 Å². The number of aliphatic hydroxyl groups is 1. The first-order valence-electron chi connectivity index (χ1n) is 8.91. The summed E-state index contributed by atoms with van der Waals surface area (Å²) in [5.74, 6) is -0.588. The van der Waals surface area contributed by atoms with Crippen LogP contribution in [0.15, 0.2) is 50.6 Å². The van der Waals surface area contributed by atoms with Crippen molar-refractivity contribution in [2.75, 3.05) is 0 Å². The summed E-state index contributed by atoms with van der Waals surface area (Å²) < 4.78 is 8.09. The molecule has 0 aliphatic heterocycles. The zero-order valence-corrected chi connectivity index (χ0v) is 16.6. The topological polar surface area (TPSA) is 146 Å². The van der Waals surface area contributed by atoms with E-state index in [1.165, 1.54) is 18.4 Å². The second kappa shape index (κ2) is 7.69. The summed E-state index contributed by atoms with van der Waals surface area (Å²) in [4.78, 5) is 40.6. The highest BCUT2D eigenvalue weighted by Crippen LogP contribution is 2.30. The van der Waals surface area contributed by atoms with E-state index in [4.69, 9.17) is 10.3 Å². The van der Waals surface area contributed by atoms with Gasteiger partial charge in [-0.3, -0.25) is 18.7 Å². The summed E-state index contributed by atoms with van der Waals surface area (Å²) in [6, 6.07) is 9.74. The van der Waals surface area contributed by atoms with Crippen molar-refractivity contribution >= 4 is 27.3 Å². The third-order valence-electron chi connectivity index (χ3n) is 4.58. The van der Waals surface area contributed by atoms with Gasteiger partial charge in [-0.05, 0) is 17.5 Å². The monoisotopic (exact) mass is 427 g/mol. The molecule has 0 saturated carbocycles. The second-order valence-corrected chi connectivity index (χ2v) is 7.81. The number of aliphatic hydroxyl groups excluding tert-OH is 1. The lowest BCUT2D eigenvalue weighted by atomic mass is 10.2. The van der Waals surface area contributed by atoms with Crippen LogP contribution < -0.4 is 17.0 Å². The normalized spacial score (nSPS) is 12.3. The summed E-state index contributed by atoms with van der Waals surface area (Å²) in [5, 5.41) is 15.4. The lowest BCUT2D eigenvalue weighted by molar-refractivity contribution is 0.0997. The highest BCUT2D eigenvalue weighted by Gasteiger charge is 2.18. The predicted octanol–water partition coefficient (Wildman–Crippen LogP) is 0.568. The molecule has 0 radical (unpaired) electrons. The first-order valence-corrected chi connectivity index (χ1v) is 9.73. The van der Waals surface area contributed by atoms with Gasteiger partial charge in [0.1, 0.15) is 12.1 Å². The highest BCUT2D eigenvalue weighted by molar-refractivity contribution is 7.19. The average molecular weight is 427 g/mol. The SMILES string of the molecule is Cn1c(=O)c(C(N)=O)cn(Cc2nc(C[C@H](O)c3cc4ccccc4s3)no2)c1=O. The van der Waals surface area contributed by atoms with Crippen LogP contribution in [-0.2, 0) is 20.0 Å². The summed E-state index contributed by atoms with van der Waals surface area (Å²) in [6.45, 7) is -0.154. The zero-order chi connectivity index (χ0) is 21.4. The van der Waals surface area contributed by atoms with Crippen molar-refractivity contribution in [3.05, 3.63) is 79.5 Å². The number of carbonyl (C=O) groups is 1. The van der Waals surface area contributed by atoms with Crippen LogP contribution in [0.25, 0.3) is 10.1 Å². The van der Waals surface area contributed by atoms with E-state index in [1.54, 1.807) is 0 Å². The maximum Gasteiger partial charge on any atom is 0.331 e. The van der Waals surface area contributed by atoms with E-state index in [1.807, 2.05) is 30.3 Å². The second-order valence-electron chi connectivity index (χ2n) is 6.69. The van der Waals surface area contributed by atoms with Crippen LogP contribution in [0.3, 0.4) is 0 Å². The fraction of sp³-hybridized carbons (Fsp3) is 0.211. The number of nitrogens with zero attached hydrogens (tertiary/aromatic N) is 4. The average Bonchev–Trinajstić information content (AvgIpc) is 3.34. The van der Waals surface area contributed by atoms with Crippen LogP contribution in [-0.4, -0.2) is 30.3 Å². The molecule has 0 saturated heterocycles. The molecule has 30 heavy (non-hydrogen) atoms. The first-order chi connectivity index (χ1) is 14.3. The van der Waals surface area contributed by atoms with Crippen molar-refractivity contribution in [1.82, 2.24) is 19.3 Å². The Morgan fingerprint density at radius 1 is 1.33 bits per heavy atom. The molecule has 1 atom stereocenters. The van der Waals surface area contributed by atoms with E-state index < -0.39 is 23.3 Å². The Kier molecular flexibility index (Phi) is 5.06. The van der Waals surface area contributed by atoms with Crippen LogP contribution in [0.4, 0.5) is 0 Å². The van der Waals surface area contributed by atoms with Crippen LogP contribution in [0.5, 0.6) is 0 Å². The number of aromatic nitrogens is 4. The molecule has 3 heterocycles. The molecule has 0 spiro atoms. The number of rotatable bonds is 6. The molecule has 4 aromatic rings. The number of fused-ring (bicyclic) bond motifs is 1. The molecular formula is C19H17N5O5S. The molecule has 1 aromatic carbocycles. The van der Waals surface area contributed by atoms with Gasteiger partial charge in [0.2, 0.25) is 5.89 Å². The van der Waals surface area contributed by atoms with E-state index in [0.717, 1.165) is 30.3 Å². The van der Waals surface area contributed by atoms with Crippen LogP contribution >= 0.6 is 11.3 Å². The lowest BCUT2D eigenvalue weighted by Crippen LogP contribution is -2.41. The van der Waals surface area contributed by atoms with Crippen molar-refractivity contribution in [1.29, 1.82) is 0 Å². The minimum absolute atomic E-state index is 0.0877. The Labute approximate surface area is 172 Å². The van der Waals surface area contributed by atoms with Gasteiger partial charge in [-0.1, -0.05) is 23.4 Å². The van der Waals surface area contributed by atoms with Gasteiger partial charge in [-0.15, -0.1) is 11.3 Å². The quantitative estimate of drug-likeness (QED) is 0.457. The molecule has 3 aromatic heterocycles. The number of benzene rings is 1. The minimum atomic E-state index is -0.943. The molecule has 4 rings (SSSR count). The molecule has 10 nitrogen and oxygen atoms in total. The summed E-state index contributed by atoms with van der Waals surface area (Å²) >= 11 is 1.49. The van der Waals surface area contributed by atoms with E-state index in [-0.39, 0.29) is 30.2 Å². The summed E-state index contributed by atoms with van der Waals surface area (Å²) in [7, 11) is 1.24. The van der Waals surface area contributed by atoms with Gasteiger partial charge in [0.15, 0.2) is 5.82 Å². The number of nitrogens with two attached hydrogens (primary N) is 1. The summed E-state index contributed by atoms with van der Waals surface area (Å²) in [5.41, 5.74) is 3.44. The molecular weight excluding hydrogens is 410 g/mol. The van der Waals surface area contributed by atoms with Crippen molar-refractivity contribution in [2.45, 2.75) is 19.1 Å². The minimum Gasteiger partial charge on any atom is -0.387 e. The highest BCUT2D eigenvalue weighted by atomic mass is 32.1. The fourth-order valence-electron chi connectivity index (χ4n) is 3.03. The van der Waals surface area contributed by atoms with Gasteiger partial charge < -0.3 is 15.4 Å². The van der Waals surface area contributed by atoms with Crippen molar-refractivity contribution in [3.63, 3.8) is 0 Å². The summed E-state index contributed by atoms with van der Waals surface area (Å²) in [6.07, 6.45) is 0.392. The number of hydrogen-bond acceptors (Lipinski definition) is 8. The Morgan fingerprint density at radius 2 is 2.10 bits per heavy atom. The third-order valence-corrected chi connectivity index (χ3v) is 5.80. The zero-order valence-electron chi connectivity index (χ0n) is 15.8. The molecule has 0 fully saturated rings. The van der Waals surface area contributed by atoms with Gasteiger partial charge in [-0.25, -0.2) is 4.79 Å². The van der Waals surface area contributed by atoms with Crippen LogP contribution in [0.2, 0.25) is 0 Å². The third kappa shape index (κ3) is 3.67. The first kappa shape index (κ1) is 19.7. The largest absolute Gasteiger partial charge is 0.387 e. The van der Waals surface area contributed by atoms with Gasteiger partial charge in [0.25, 0.3) is 11.5 Å². The molecule has 1 amide bonds. The predicted molar refractivity (Wildman–Crippen MR) is 108 cm³/mol. The maximum absolute atomic E-state index is 12.3. The van der Waals surface area contributed by atoms with E-state index in [2.05, 4.69) is 10.1 Å². The standard InChI is InChI=1S/C19H17N5O5S/c1-23-18(27)11(17(20)26)8-24(19(23)28)9-16-21-15(22-29-16)7-12(25)14-6-10-4-2-3-5-13(10)30-14/h2-6,8,12,25H,7,9H2,1H3,(H2,20,26)/t12-/m0/s1. The Morgan fingerprint density at radius 3 is 2.83 bits per heavy atom. The van der Waals surface area contributed by atoms with E-state index >= 15 is 0 Å². The van der Waals surface area contributed by atoms with Gasteiger partial charge in [-0.2, -0.15) is 4.98 Å². The molecule has 0 bridgehead atoms. The van der Waals surface area contributed by atoms with Crippen molar-refractivity contribution < 1.29 is 14.4 Å². The smallest absolute Gasteiger partial charge is 0.331 e. The Bertz CT molecular complexity index is 1330. The molecule has 0 unspecified atom stereocenters. The fourth-order valence-corrected chi connectivity index (χ4v) is 4.08. The van der Waals surface area contributed by atoms with E-state index in [9.17, 15) is 19.5 Å². The van der Waals surface area contributed by atoms with Crippen molar-refractivity contribution in [3.8, 4) is 0 Å². The molecule has 11 heteroatoms. The number of carbonyl (C=O) groups excluding carboxylic acids is 1. The Balaban J connectivity index is 1.54. The molecule has 0 aliphatic rings. The van der Waals surface area contributed by atoms with E-state index in [0.29, 0.717) is 0 Å². The van der Waals surface area contributed by atoms with Gasteiger partial charge >= 0.3 is 5.69 Å². The lowest BCUT2D eigenvalue weighted by Gasteiger charge is -2.06. The maximum atomic E-state index is 12.3. The van der Waals surface area contributed by atoms with Crippen LogP contribution in [0.1, 0.15) is 33.1 Å². The van der Waals surface area contributed by atoms with Gasteiger partial charge in [0.05, 0.1) is 6.10 Å². The number of thiophene rings is 1. The number of amides is 1. The Hall–Kier alpha value is -3.57. The molecule has 0 aliphatic carbocycles. The number of hydrogen-bond donors (Lipinski definition) is 2. The van der Waals surface area contributed by atoms with Gasteiger partial charge in [0, 0.05) is 29.2 Å². The number of primary amides is 1. The van der Waals surface area contributed by atoms with Crippen molar-refractivity contribution in [2.24, 2.45) is 12.8 Å².